The van der Waals surface area contributed by atoms with Gasteiger partial charge in [0.05, 0.1) is 10.6 Å². The number of hydrogen-bond acceptors (Lipinski definition) is 6. The maximum Gasteiger partial charge on any atom is 0.261 e. The molecule has 1 N–H and O–H groups in total. The van der Waals surface area contributed by atoms with Gasteiger partial charge >= 0.3 is 0 Å². The lowest BCUT2D eigenvalue weighted by atomic mass is 10.2. The van der Waals surface area contributed by atoms with E-state index in [2.05, 4.69) is 35.9 Å². The van der Waals surface area contributed by atoms with Crippen LogP contribution in [0.2, 0.25) is 0 Å². The zero-order chi connectivity index (χ0) is 22.9. The number of nitrogens with one attached hydrogen (secondary N) is 1. The molecular weight excluding hydrogens is 494 g/mol. The van der Waals surface area contributed by atoms with Gasteiger partial charge in [-0.15, -0.1) is 10.2 Å². The number of anilines is 1. The van der Waals surface area contributed by atoms with Crippen LogP contribution in [-0.4, -0.2) is 28.4 Å². The Morgan fingerprint density at radius 3 is 2.16 bits per heavy atom. The number of nitrogens with zero attached hydrogens (tertiary/aromatic N) is 4. The van der Waals surface area contributed by atoms with Crippen LogP contribution < -0.4 is 9.46 Å². The SMILES string of the molecule is Cc1nn(-c2ccc(Oc3ccc(NS(=O)(=O)c4ccc(Br)cc4)cc3)nn2)c(C)c1C. The van der Waals surface area contributed by atoms with Gasteiger partial charge in [0, 0.05) is 21.9 Å². The van der Waals surface area contributed by atoms with Crippen molar-refractivity contribution in [3.05, 3.63) is 82.1 Å². The summed E-state index contributed by atoms with van der Waals surface area (Å²) in [5, 5.41) is 12.8. The third kappa shape index (κ3) is 4.66. The number of benzene rings is 2. The van der Waals surface area contributed by atoms with Crippen molar-refractivity contribution in [2.45, 2.75) is 25.7 Å². The lowest BCUT2D eigenvalue weighted by Gasteiger charge is -2.10. The van der Waals surface area contributed by atoms with E-state index in [1.54, 1.807) is 53.2 Å². The summed E-state index contributed by atoms with van der Waals surface area (Å²) in [5.41, 5.74) is 3.48. The van der Waals surface area contributed by atoms with Crippen molar-refractivity contribution in [2.75, 3.05) is 4.72 Å². The molecule has 0 aliphatic rings. The summed E-state index contributed by atoms with van der Waals surface area (Å²) < 4.78 is 35.8. The van der Waals surface area contributed by atoms with E-state index >= 15 is 0 Å². The first kappa shape index (κ1) is 22.0. The summed E-state index contributed by atoms with van der Waals surface area (Å²) in [5.74, 6) is 1.42. The quantitative estimate of drug-likeness (QED) is 0.391. The molecule has 164 valence electrons. The maximum atomic E-state index is 12.5. The second-order valence-corrected chi connectivity index (χ2v) is 9.72. The number of rotatable bonds is 6. The second kappa shape index (κ2) is 8.71. The molecule has 0 unspecified atom stereocenters. The highest BCUT2D eigenvalue weighted by Crippen LogP contribution is 2.24. The Balaban J connectivity index is 1.44. The van der Waals surface area contributed by atoms with Crippen molar-refractivity contribution in [1.29, 1.82) is 0 Å². The Labute approximate surface area is 194 Å². The third-order valence-corrected chi connectivity index (χ3v) is 6.87. The molecule has 0 aliphatic carbocycles. The zero-order valence-electron chi connectivity index (χ0n) is 17.6. The van der Waals surface area contributed by atoms with E-state index in [0.717, 1.165) is 21.4 Å². The molecule has 32 heavy (non-hydrogen) atoms. The number of aryl methyl sites for hydroxylation is 1. The van der Waals surface area contributed by atoms with Gasteiger partial charge in [0.1, 0.15) is 5.75 Å². The summed E-state index contributed by atoms with van der Waals surface area (Å²) in [4.78, 5) is 0.175. The highest BCUT2D eigenvalue weighted by molar-refractivity contribution is 9.10. The topological polar surface area (TPSA) is 99.0 Å². The molecule has 0 amide bonds. The summed E-state index contributed by atoms with van der Waals surface area (Å²) >= 11 is 3.29. The number of hydrogen-bond donors (Lipinski definition) is 1. The summed E-state index contributed by atoms with van der Waals surface area (Å²) in [7, 11) is -3.68. The normalized spacial score (nSPS) is 11.4. The molecule has 4 rings (SSSR count). The number of aromatic nitrogens is 4. The molecule has 0 atom stereocenters. The Hall–Kier alpha value is -3.24. The average Bonchev–Trinajstić information content (AvgIpc) is 3.03. The molecule has 10 heteroatoms. The zero-order valence-corrected chi connectivity index (χ0v) is 20.0. The minimum Gasteiger partial charge on any atom is -0.438 e. The van der Waals surface area contributed by atoms with Gasteiger partial charge in [-0.25, -0.2) is 13.1 Å². The van der Waals surface area contributed by atoms with Crippen molar-refractivity contribution in [1.82, 2.24) is 20.0 Å². The predicted molar refractivity (Wildman–Crippen MR) is 125 cm³/mol. The van der Waals surface area contributed by atoms with Crippen molar-refractivity contribution in [3.8, 4) is 17.4 Å². The molecule has 0 spiro atoms. The maximum absolute atomic E-state index is 12.5. The molecular formula is C22H20BrN5O3S. The van der Waals surface area contributed by atoms with E-state index in [0.29, 0.717) is 23.1 Å². The molecule has 4 aromatic rings. The van der Waals surface area contributed by atoms with Gasteiger partial charge in [-0.2, -0.15) is 5.10 Å². The van der Waals surface area contributed by atoms with Crippen molar-refractivity contribution >= 4 is 31.6 Å². The standard InChI is InChI=1S/C22H20BrN5O3S/c1-14-15(2)26-28(16(14)3)21-12-13-22(25-24-21)31-19-8-6-18(7-9-19)27-32(29,30)20-10-4-17(23)5-11-20/h4-13,27H,1-3H3. The molecule has 0 radical (unpaired) electrons. The number of sulfonamides is 1. The minimum absolute atomic E-state index is 0.175. The Kier molecular flexibility index (Phi) is 5.98. The molecule has 0 bridgehead atoms. The molecule has 2 aromatic heterocycles. The van der Waals surface area contributed by atoms with Gasteiger partial charge in [0.15, 0.2) is 5.82 Å². The van der Waals surface area contributed by atoms with Gasteiger partial charge in [0.25, 0.3) is 10.0 Å². The molecule has 0 saturated carbocycles. The van der Waals surface area contributed by atoms with Crippen LogP contribution >= 0.6 is 15.9 Å². The van der Waals surface area contributed by atoms with Crippen LogP contribution in [0.15, 0.2) is 70.0 Å². The van der Waals surface area contributed by atoms with E-state index in [1.165, 1.54) is 12.1 Å². The highest BCUT2D eigenvalue weighted by Gasteiger charge is 2.14. The summed E-state index contributed by atoms with van der Waals surface area (Å²) in [6, 6.07) is 16.4. The molecule has 0 saturated heterocycles. The number of ether oxygens (including phenoxy) is 1. The van der Waals surface area contributed by atoms with Crippen LogP contribution in [0.25, 0.3) is 5.82 Å². The average molecular weight is 514 g/mol. The van der Waals surface area contributed by atoms with Gasteiger partial charge < -0.3 is 4.74 Å². The van der Waals surface area contributed by atoms with E-state index in [4.69, 9.17) is 4.74 Å². The minimum atomic E-state index is -3.68. The highest BCUT2D eigenvalue weighted by atomic mass is 79.9. The third-order valence-electron chi connectivity index (χ3n) is 4.95. The van der Waals surface area contributed by atoms with Gasteiger partial charge in [-0.1, -0.05) is 15.9 Å². The van der Waals surface area contributed by atoms with E-state index in [-0.39, 0.29) is 4.90 Å². The van der Waals surface area contributed by atoms with Crippen LogP contribution in [0.5, 0.6) is 11.6 Å². The Bertz CT molecular complexity index is 1350. The van der Waals surface area contributed by atoms with Gasteiger partial charge in [0.2, 0.25) is 5.88 Å². The van der Waals surface area contributed by atoms with Crippen LogP contribution in [0.3, 0.4) is 0 Å². The molecule has 0 aliphatic heterocycles. The second-order valence-electron chi connectivity index (χ2n) is 7.12. The summed E-state index contributed by atoms with van der Waals surface area (Å²) in [6.45, 7) is 5.95. The van der Waals surface area contributed by atoms with Crippen LogP contribution in [-0.2, 0) is 10.0 Å². The van der Waals surface area contributed by atoms with E-state index in [1.807, 2.05) is 20.8 Å². The first-order chi connectivity index (χ1) is 15.2. The fraction of sp³-hybridized carbons (Fsp3) is 0.136. The van der Waals surface area contributed by atoms with Crippen LogP contribution in [0.1, 0.15) is 17.0 Å². The first-order valence-corrected chi connectivity index (χ1v) is 11.9. The molecule has 0 fully saturated rings. The molecule has 2 aromatic carbocycles. The van der Waals surface area contributed by atoms with Crippen molar-refractivity contribution in [3.63, 3.8) is 0 Å². The Morgan fingerprint density at radius 2 is 1.59 bits per heavy atom. The lowest BCUT2D eigenvalue weighted by molar-refractivity contribution is 0.454. The van der Waals surface area contributed by atoms with Crippen molar-refractivity contribution < 1.29 is 13.2 Å². The van der Waals surface area contributed by atoms with Gasteiger partial charge in [-0.05, 0) is 80.9 Å². The monoisotopic (exact) mass is 513 g/mol. The molecule has 2 heterocycles. The summed E-state index contributed by atoms with van der Waals surface area (Å²) in [6.07, 6.45) is 0. The fourth-order valence-electron chi connectivity index (χ4n) is 2.96. The van der Waals surface area contributed by atoms with E-state index < -0.39 is 10.0 Å². The fourth-order valence-corrected chi connectivity index (χ4v) is 4.29. The molecule has 8 nitrogen and oxygen atoms in total. The largest absolute Gasteiger partial charge is 0.438 e. The van der Waals surface area contributed by atoms with Gasteiger partial charge in [-0.3, -0.25) is 4.72 Å². The van der Waals surface area contributed by atoms with Crippen molar-refractivity contribution in [2.24, 2.45) is 0 Å². The smallest absolute Gasteiger partial charge is 0.261 e. The van der Waals surface area contributed by atoms with Crippen LogP contribution in [0.4, 0.5) is 5.69 Å². The Morgan fingerprint density at radius 1 is 0.906 bits per heavy atom. The predicted octanol–water partition coefficient (Wildman–Crippen LogP) is 4.94. The lowest BCUT2D eigenvalue weighted by Crippen LogP contribution is -2.12. The van der Waals surface area contributed by atoms with Crippen LogP contribution in [0, 0.1) is 20.8 Å². The van der Waals surface area contributed by atoms with E-state index in [9.17, 15) is 8.42 Å². The number of halogens is 1. The first-order valence-electron chi connectivity index (χ1n) is 9.66.